The third-order valence-electron chi connectivity index (χ3n) is 3.97. The Balaban J connectivity index is 2.29. The maximum absolute atomic E-state index is 13.9. The molecule has 2 unspecified atom stereocenters. The number of hydrogen-bond acceptors (Lipinski definition) is 3. The smallest absolute Gasteiger partial charge is 0.298 e. The van der Waals surface area contributed by atoms with Gasteiger partial charge in [-0.3, -0.25) is 10.1 Å². The van der Waals surface area contributed by atoms with Crippen molar-refractivity contribution in [3.05, 3.63) is 33.9 Å². The predicted molar refractivity (Wildman–Crippen MR) is 77.2 cm³/mol. The van der Waals surface area contributed by atoms with Crippen molar-refractivity contribution in [1.29, 1.82) is 0 Å². The van der Waals surface area contributed by atoms with Crippen molar-refractivity contribution >= 4 is 11.4 Å². The van der Waals surface area contributed by atoms with Gasteiger partial charge in [-0.15, -0.1) is 0 Å². The van der Waals surface area contributed by atoms with Crippen LogP contribution in [-0.2, 0) is 0 Å². The van der Waals surface area contributed by atoms with Gasteiger partial charge in [-0.2, -0.15) is 0 Å². The number of nitro benzene ring substituents is 1. The monoisotopic (exact) mass is 298 g/mol. The molecule has 1 N–H and O–H groups in total. The molecule has 1 aromatic rings. The van der Waals surface area contributed by atoms with Gasteiger partial charge in [0.15, 0.2) is 5.82 Å². The van der Waals surface area contributed by atoms with E-state index in [9.17, 15) is 18.9 Å². The molecule has 2 atom stereocenters. The first-order valence-corrected chi connectivity index (χ1v) is 7.08. The molecular formula is C15H20F2N2O2. The molecule has 0 heterocycles. The second-order valence-electron chi connectivity index (χ2n) is 6.79. The van der Waals surface area contributed by atoms with Gasteiger partial charge in [-0.05, 0) is 30.6 Å². The Morgan fingerprint density at radius 3 is 2.57 bits per heavy atom. The molecule has 0 spiro atoms. The predicted octanol–water partition coefficient (Wildman–Crippen LogP) is 4.50. The highest BCUT2D eigenvalue weighted by atomic mass is 19.1. The van der Waals surface area contributed by atoms with Crippen molar-refractivity contribution in [2.24, 2.45) is 11.3 Å². The Morgan fingerprint density at radius 1 is 1.33 bits per heavy atom. The molecule has 6 heteroatoms. The Kier molecular flexibility index (Phi) is 4.16. The lowest BCUT2D eigenvalue weighted by Crippen LogP contribution is -2.35. The van der Waals surface area contributed by atoms with Crippen LogP contribution in [0.15, 0.2) is 12.1 Å². The standard InChI is InChI=1S/C15H20F2N2O2/c1-9-4-11(8-15(2,3)7-9)18-14-12(17)5-10(16)6-13(14)19(20)21/h5-6,9,11,18H,4,7-8H2,1-3H3. The Morgan fingerprint density at radius 2 is 2.00 bits per heavy atom. The Bertz CT molecular complexity index is 561. The minimum absolute atomic E-state index is 0.0533. The fraction of sp³-hybridized carbons (Fsp3) is 0.600. The molecular weight excluding hydrogens is 278 g/mol. The summed E-state index contributed by atoms with van der Waals surface area (Å²) in [5.41, 5.74) is -0.666. The molecule has 1 aromatic carbocycles. The fourth-order valence-corrected chi connectivity index (χ4v) is 3.51. The second-order valence-corrected chi connectivity index (χ2v) is 6.79. The van der Waals surface area contributed by atoms with Crippen LogP contribution in [0, 0.1) is 33.1 Å². The molecule has 0 bridgehead atoms. The number of nitrogens with one attached hydrogen (secondary N) is 1. The van der Waals surface area contributed by atoms with Gasteiger partial charge in [0.25, 0.3) is 5.69 Å². The molecule has 1 saturated carbocycles. The van der Waals surface area contributed by atoms with E-state index in [0.29, 0.717) is 12.0 Å². The molecule has 0 radical (unpaired) electrons. The lowest BCUT2D eigenvalue weighted by Gasteiger charge is -2.39. The molecule has 1 fully saturated rings. The lowest BCUT2D eigenvalue weighted by molar-refractivity contribution is -0.384. The number of nitrogens with zero attached hydrogens (tertiary/aromatic N) is 1. The van der Waals surface area contributed by atoms with Crippen molar-refractivity contribution in [2.75, 3.05) is 5.32 Å². The molecule has 116 valence electrons. The summed E-state index contributed by atoms with van der Waals surface area (Å²) < 4.78 is 27.1. The number of benzene rings is 1. The number of nitro groups is 1. The highest BCUT2D eigenvalue weighted by Crippen LogP contribution is 2.40. The topological polar surface area (TPSA) is 55.2 Å². The summed E-state index contributed by atoms with van der Waals surface area (Å²) in [5.74, 6) is -1.41. The van der Waals surface area contributed by atoms with Crippen LogP contribution in [0.1, 0.15) is 40.0 Å². The SMILES string of the molecule is CC1CC(Nc2c(F)cc(F)cc2[N+](=O)[O-])CC(C)(C)C1. The van der Waals surface area contributed by atoms with Gasteiger partial charge < -0.3 is 5.32 Å². The van der Waals surface area contributed by atoms with Gasteiger partial charge in [0.1, 0.15) is 11.5 Å². The van der Waals surface area contributed by atoms with Gasteiger partial charge in [0.05, 0.1) is 11.0 Å². The molecule has 4 nitrogen and oxygen atoms in total. The summed E-state index contributed by atoms with van der Waals surface area (Å²) in [6.07, 6.45) is 2.68. The zero-order valence-corrected chi connectivity index (χ0v) is 12.5. The molecule has 0 aromatic heterocycles. The van der Waals surface area contributed by atoms with Crippen LogP contribution in [0.5, 0.6) is 0 Å². The van der Waals surface area contributed by atoms with Crippen LogP contribution >= 0.6 is 0 Å². The summed E-state index contributed by atoms with van der Waals surface area (Å²) in [6.45, 7) is 6.38. The quantitative estimate of drug-likeness (QED) is 0.660. The van der Waals surface area contributed by atoms with Crippen molar-refractivity contribution < 1.29 is 13.7 Å². The first kappa shape index (κ1) is 15.7. The van der Waals surface area contributed by atoms with Crippen molar-refractivity contribution in [3.8, 4) is 0 Å². The first-order valence-electron chi connectivity index (χ1n) is 7.08. The van der Waals surface area contributed by atoms with Gasteiger partial charge in [0.2, 0.25) is 0 Å². The third-order valence-corrected chi connectivity index (χ3v) is 3.97. The van der Waals surface area contributed by atoms with E-state index in [1.54, 1.807) is 0 Å². The van der Waals surface area contributed by atoms with Gasteiger partial charge in [-0.25, -0.2) is 8.78 Å². The van der Waals surface area contributed by atoms with Crippen molar-refractivity contribution in [3.63, 3.8) is 0 Å². The normalized spacial score (nSPS) is 24.6. The molecule has 21 heavy (non-hydrogen) atoms. The van der Waals surface area contributed by atoms with Gasteiger partial charge >= 0.3 is 0 Å². The van der Waals surface area contributed by atoms with Crippen molar-refractivity contribution in [2.45, 2.75) is 46.1 Å². The maximum Gasteiger partial charge on any atom is 0.298 e. The number of anilines is 1. The van der Waals surface area contributed by atoms with E-state index in [1.165, 1.54) is 0 Å². The highest BCUT2D eigenvalue weighted by Gasteiger charge is 2.33. The maximum atomic E-state index is 13.9. The lowest BCUT2D eigenvalue weighted by atomic mass is 9.70. The van der Waals surface area contributed by atoms with E-state index in [-0.39, 0.29) is 17.1 Å². The van der Waals surface area contributed by atoms with Gasteiger partial charge in [-0.1, -0.05) is 20.8 Å². The minimum atomic E-state index is -0.943. The Labute approximate surface area is 122 Å². The average molecular weight is 298 g/mol. The van der Waals surface area contributed by atoms with E-state index in [2.05, 4.69) is 26.1 Å². The third kappa shape index (κ3) is 3.68. The molecule has 1 aliphatic carbocycles. The Hall–Kier alpha value is -1.72. The molecule has 0 saturated heterocycles. The van der Waals surface area contributed by atoms with E-state index in [0.717, 1.165) is 25.3 Å². The fourth-order valence-electron chi connectivity index (χ4n) is 3.51. The summed E-state index contributed by atoms with van der Waals surface area (Å²) in [4.78, 5) is 10.2. The first-order chi connectivity index (χ1) is 9.68. The summed E-state index contributed by atoms with van der Waals surface area (Å²) in [6, 6.07) is 1.37. The highest BCUT2D eigenvalue weighted by molar-refractivity contribution is 5.63. The minimum Gasteiger partial charge on any atom is -0.374 e. The second kappa shape index (κ2) is 5.58. The zero-order valence-electron chi connectivity index (χ0n) is 12.5. The van der Waals surface area contributed by atoms with E-state index < -0.39 is 22.2 Å². The van der Waals surface area contributed by atoms with Crippen LogP contribution in [-0.4, -0.2) is 11.0 Å². The van der Waals surface area contributed by atoms with E-state index in [4.69, 9.17) is 0 Å². The van der Waals surface area contributed by atoms with Crippen molar-refractivity contribution in [1.82, 2.24) is 0 Å². The number of rotatable bonds is 3. The van der Waals surface area contributed by atoms with Crippen LogP contribution in [0.4, 0.5) is 20.2 Å². The van der Waals surface area contributed by atoms with E-state index in [1.807, 2.05) is 0 Å². The summed E-state index contributed by atoms with van der Waals surface area (Å²) >= 11 is 0. The molecule has 0 aliphatic heterocycles. The van der Waals surface area contributed by atoms with Crippen LogP contribution in [0.25, 0.3) is 0 Å². The van der Waals surface area contributed by atoms with Crippen LogP contribution < -0.4 is 5.32 Å². The van der Waals surface area contributed by atoms with E-state index >= 15 is 0 Å². The summed E-state index contributed by atoms with van der Waals surface area (Å²) in [5, 5.41) is 13.9. The molecule has 2 rings (SSSR count). The van der Waals surface area contributed by atoms with Gasteiger partial charge in [0, 0.05) is 12.1 Å². The zero-order chi connectivity index (χ0) is 15.8. The number of halogens is 2. The largest absolute Gasteiger partial charge is 0.374 e. The molecule has 1 aliphatic rings. The molecule has 0 amide bonds. The summed E-state index contributed by atoms with van der Waals surface area (Å²) in [7, 11) is 0. The average Bonchev–Trinajstić information content (AvgIpc) is 2.29. The van der Waals surface area contributed by atoms with Crippen LogP contribution in [0.3, 0.4) is 0 Å². The number of hydrogen-bond donors (Lipinski definition) is 1. The van der Waals surface area contributed by atoms with Crippen LogP contribution in [0.2, 0.25) is 0 Å².